The van der Waals surface area contributed by atoms with Crippen LogP contribution in [0.3, 0.4) is 0 Å². The van der Waals surface area contributed by atoms with Crippen molar-refractivity contribution in [2.75, 3.05) is 44.8 Å². The molecule has 1 saturated heterocycles. The van der Waals surface area contributed by atoms with Crippen LogP contribution in [0.15, 0.2) is 35.3 Å². The van der Waals surface area contributed by atoms with Gasteiger partial charge in [0, 0.05) is 37.3 Å². The monoisotopic (exact) mass is 407 g/mol. The van der Waals surface area contributed by atoms with Crippen molar-refractivity contribution in [1.82, 2.24) is 9.80 Å². The van der Waals surface area contributed by atoms with Crippen molar-refractivity contribution < 1.29 is 13.0 Å². The van der Waals surface area contributed by atoms with Gasteiger partial charge in [-0.3, -0.25) is 0 Å². The molecule has 27 heavy (non-hydrogen) atoms. The predicted molar refractivity (Wildman–Crippen MR) is 110 cm³/mol. The fraction of sp³-hybridized carbons (Fsp3) is 0.389. The summed E-state index contributed by atoms with van der Waals surface area (Å²) in [5, 5.41) is 4.78. The lowest BCUT2D eigenvalue weighted by Crippen LogP contribution is -2.47. The minimum atomic E-state index is -3.92. The molecule has 9 heteroatoms. The van der Waals surface area contributed by atoms with Gasteiger partial charge in [0.05, 0.1) is 27.1 Å². The van der Waals surface area contributed by atoms with E-state index in [9.17, 15) is 0 Å². The van der Waals surface area contributed by atoms with Crippen LogP contribution in [0, 0.1) is 6.92 Å². The number of likely N-dealkylation sites (N-methyl/N-ethyl adjacent to an activating group) is 1. The van der Waals surface area contributed by atoms with Gasteiger partial charge >= 0.3 is 0 Å². The zero-order chi connectivity index (χ0) is 19.6. The molecule has 0 unspecified atom stereocenters. The smallest absolute Gasteiger partial charge is 0.139 e. The molecule has 2 aliphatic rings. The third-order valence-electron chi connectivity index (χ3n) is 4.28. The summed E-state index contributed by atoms with van der Waals surface area (Å²) in [6.07, 6.45) is 0.604. The van der Waals surface area contributed by atoms with Gasteiger partial charge in [-0.15, -0.1) is 11.3 Å². The summed E-state index contributed by atoms with van der Waals surface area (Å²) in [6.45, 7) is 6.41. The van der Waals surface area contributed by atoms with E-state index in [4.69, 9.17) is 18.0 Å². The predicted octanol–water partition coefficient (Wildman–Crippen LogP) is 2.60. The van der Waals surface area contributed by atoms with Crippen LogP contribution in [-0.4, -0.2) is 68.1 Å². The minimum Gasteiger partial charge on any atom is -0.748 e. The van der Waals surface area contributed by atoms with Gasteiger partial charge in [-0.05, 0) is 32.2 Å². The number of benzene rings is 1. The Kier molecular flexibility index (Phi) is 5.85. The molecule has 0 atom stereocenters. The van der Waals surface area contributed by atoms with Crippen LogP contribution in [0.25, 0.3) is 0 Å². The zero-order valence-electron chi connectivity index (χ0n) is 15.6. The number of hydrogen-bond donors (Lipinski definition) is 1. The van der Waals surface area contributed by atoms with E-state index in [1.165, 1.54) is 15.4 Å². The molecule has 0 amide bonds. The van der Waals surface area contributed by atoms with Gasteiger partial charge in [0.1, 0.15) is 10.8 Å². The number of para-hydroxylation sites is 2. The number of rotatable bonds is 0. The number of amidine groups is 1. The molecule has 146 valence electrons. The molecule has 4 rings (SSSR count). The first-order valence-electron chi connectivity index (χ1n) is 8.60. The second kappa shape index (κ2) is 7.97. The van der Waals surface area contributed by atoms with Crippen molar-refractivity contribution in [3.63, 3.8) is 0 Å². The zero-order valence-corrected chi connectivity index (χ0v) is 17.2. The highest BCUT2D eigenvalue weighted by Crippen LogP contribution is 2.39. The molecular weight excluding hydrogens is 384 g/mol. The van der Waals surface area contributed by atoms with Crippen LogP contribution in [0.2, 0.25) is 0 Å². The van der Waals surface area contributed by atoms with Crippen LogP contribution in [-0.2, 0) is 10.1 Å². The largest absolute Gasteiger partial charge is 0.748 e. The Hall–Kier alpha value is -1.94. The summed E-state index contributed by atoms with van der Waals surface area (Å²) in [7, 11) is -1.73. The number of nitrogens with one attached hydrogen (secondary N) is 1. The van der Waals surface area contributed by atoms with Gasteiger partial charge in [-0.25, -0.2) is 13.4 Å². The molecular formula is C18H23N4O3S2-. The first-order chi connectivity index (χ1) is 12.7. The maximum absolute atomic E-state index is 9.08. The third kappa shape index (κ3) is 5.29. The minimum absolute atomic E-state index is 0.604. The third-order valence-corrected chi connectivity index (χ3v) is 5.24. The quantitative estimate of drug-likeness (QED) is 0.676. The highest BCUT2D eigenvalue weighted by molar-refractivity contribution is 7.84. The van der Waals surface area contributed by atoms with Gasteiger partial charge in [-0.2, -0.15) is 0 Å². The Morgan fingerprint density at radius 3 is 2.48 bits per heavy atom. The first-order valence-corrected chi connectivity index (χ1v) is 11.2. The average molecular weight is 408 g/mol. The molecule has 1 N–H and O–H groups in total. The summed E-state index contributed by atoms with van der Waals surface area (Å²) in [5.41, 5.74) is 3.36. The van der Waals surface area contributed by atoms with E-state index in [-0.39, 0.29) is 0 Å². The number of fused-ring (bicyclic) bond motifs is 2. The number of aryl methyl sites for hydroxylation is 1. The van der Waals surface area contributed by atoms with Crippen molar-refractivity contribution in [1.29, 1.82) is 0 Å². The second-order valence-electron chi connectivity index (χ2n) is 6.67. The molecule has 2 aliphatic heterocycles. The Morgan fingerprint density at radius 1 is 1.19 bits per heavy atom. The molecule has 1 aromatic carbocycles. The van der Waals surface area contributed by atoms with Crippen LogP contribution in [0.5, 0.6) is 0 Å². The molecule has 0 saturated carbocycles. The van der Waals surface area contributed by atoms with E-state index in [0.717, 1.165) is 43.4 Å². The van der Waals surface area contributed by atoms with E-state index in [2.05, 4.69) is 59.4 Å². The average Bonchev–Trinajstić information content (AvgIpc) is 2.86. The van der Waals surface area contributed by atoms with Crippen molar-refractivity contribution >= 4 is 43.7 Å². The number of anilines is 2. The molecule has 7 nitrogen and oxygen atoms in total. The lowest BCUT2D eigenvalue weighted by atomic mass is 10.2. The second-order valence-corrected chi connectivity index (χ2v) is 9.34. The van der Waals surface area contributed by atoms with Crippen LogP contribution < -0.4 is 5.32 Å². The van der Waals surface area contributed by atoms with Gasteiger partial charge in [-0.1, -0.05) is 12.1 Å². The van der Waals surface area contributed by atoms with Crippen LogP contribution >= 0.6 is 11.3 Å². The fourth-order valence-corrected chi connectivity index (χ4v) is 3.93. The molecule has 0 bridgehead atoms. The van der Waals surface area contributed by atoms with Gasteiger partial charge in [0.25, 0.3) is 0 Å². The van der Waals surface area contributed by atoms with E-state index in [1.54, 1.807) is 11.3 Å². The van der Waals surface area contributed by atoms with Gasteiger partial charge in [0.2, 0.25) is 0 Å². The lowest BCUT2D eigenvalue weighted by molar-refractivity contribution is 0.216. The molecule has 0 aliphatic carbocycles. The molecule has 1 aromatic heterocycles. The summed E-state index contributed by atoms with van der Waals surface area (Å²) in [4.78, 5) is 11.1. The number of aliphatic imine (C=N–C) groups is 1. The number of piperazine rings is 1. The molecule has 0 radical (unpaired) electrons. The van der Waals surface area contributed by atoms with Crippen molar-refractivity contribution in [2.24, 2.45) is 4.99 Å². The van der Waals surface area contributed by atoms with Crippen LogP contribution in [0.1, 0.15) is 10.4 Å². The van der Waals surface area contributed by atoms with Gasteiger partial charge < -0.3 is 19.7 Å². The Balaban J connectivity index is 0.000000376. The number of hydrogen-bond acceptors (Lipinski definition) is 8. The molecule has 1 fully saturated rings. The normalized spacial score (nSPS) is 16.9. The van der Waals surface area contributed by atoms with Gasteiger partial charge in [0.15, 0.2) is 0 Å². The Bertz CT molecular complexity index is 937. The van der Waals surface area contributed by atoms with E-state index in [1.807, 2.05) is 0 Å². The topological polar surface area (TPSA) is 88.1 Å². The van der Waals surface area contributed by atoms with Crippen molar-refractivity contribution in [3.05, 3.63) is 40.8 Å². The maximum Gasteiger partial charge on any atom is 0.139 e. The van der Waals surface area contributed by atoms with Crippen molar-refractivity contribution in [3.8, 4) is 0 Å². The summed E-state index contributed by atoms with van der Waals surface area (Å²) in [6, 6.07) is 10.6. The Morgan fingerprint density at radius 2 is 1.81 bits per heavy atom. The van der Waals surface area contributed by atoms with E-state index in [0.29, 0.717) is 6.26 Å². The first kappa shape index (κ1) is 19.8. The summed E-state index contributed by atoms with van der Waals surface area (Å²) in [5.74, 6) is 1.12. The fourth-order valence-electron chi connectivity index (χ4n) is 3.01. The number of nitrogens with zero attached hydrogens (tertiary/aromatic N) is 3. The van der Waals surface area contributed by atoms with Crippen LogP contribution in [0.4, 0.5) is 16.4 Å². The maximum atomic E-state index is 9.08. The van der Waals surface area contributed by atoms with E-state index < -0.39 is 10.1 Å². The van der Waals surface area contributed by atoms with E-state index >= 15 is 0 Å². The molecule has 3 heterocycles. The number of thiophene rings is 1. The highest BCUT2D eigenvalue weighted by Gasteiger charge is 2.25. The summed E-state index contributed by atoms with van der Waals surface area (Å²) < 4.78 is 27.2. The SMILES string of the molecule is CS(=O)(=O)[O-].Cc1cc2c(s1)Nc1ccccc1N=C2N1CCN(C)CC1. The Labute approximate surface area is 164 Å². The highest BCUT2D eigenvalue weighted by atomic mass is 32.2. The lowest BCUT2D eigenvalue weighted by Gasteiger charge is -2.34. The molecule has 0 spiro atoms. The van der Waals surface area contributed by atoms with Crippen molar-refractivity contribution in [2.45, 2.75) is 6.92 Å². The summed E-state index contributed by atoms with van der Waals surface area (Å²) >= 11 is 1.81. The standard InChI is InChI=1S/C17H20N4S.CH4O3S/c1-12-11-13-16(21-9-7-20(2)8-10-21)18-14-5-3-4-6-15(14)19-17(13)22-12;1-5(2,3)4/h3-6,11,19H,7-10H2,1-2H3;1H3,(H,2,3,4)/p-1. The molecule has 2 aromatic rings.